The van der Waals surface area contributed by atoms with Crippen molar-refractivity contribution in [3.05, 3.63) is 0 Å². The van der Waals surface area contributed by atoms with Gasteiger partial charge in [0.05, 0.1) is 26.3 Å². The number of rotatable bonds is 14. The van der Waals surface area contributed by atoms with Gasteiger partial charge in [-0.1, -0.05) is 14.9 Å². The summed E-state index contributed by atoms with van der Waals surface area (Å²) in [5, 5.41) is 87.8. The minimum atomic E-state index is -1.43. The molecule has 0 saturated carbocycles. The minimum Gasteiger partial charge on any atom is -1.00 e. The summed E-state index contributed by atoms with van der Waals surface area (Å²) in [4.78, 5) is 0. The largest absolute Gasteiger partial charge is 1.00 e. The second-order valence-corrected chi connectivity index (χ2v) is 8.60. The van der Waals surface area contributed by atoms with Gasteiger partial charge in [-0.3, -0.25) is 10.6 Å². The molecule has 17 N–H and O–H groups in total. The molecule has 2 aliphatic heterocycles. The van der Waals surface area contributed by atoms with Crippen LogP contribution in [0.5, 0.6) is 0 Å². The van der Waals surface area contributed by atoms with E-state index < -0.39 is 74.5 Å². The van der Waals surface area contributed by atoms with E-state index in [0.717, 1.165) is 13.1 Å². The van der Waals surface area contributed by atoms with E-state index >= 15 is 0 Å². The second-order valence-electron chi connectivity index (χ2n) is 8.60. The quantitative estimate of drug-likeness (QED) is 0.0826. The normalized spacial score (nSPS) is 34.0. The van der Waals surface area contributed by atoms with E-state index in [1.54, 1.807) is 0 Å². The minimum absolute atomic E-state index is 0. The van der Waals surface area contributed by atoms with E-state index in [0.29, 0.717) is 39.3 Å². The molecular formula is C22H55ClN6O10. The fraction of sp³-hybridized carbons (Fsp3) is 1.00. The van der Waals surface area contributed by atoms with E-state index in [1.165, 1.54) is 0 Å². The van der Waals surface area contributed by atoms with E-state index in [2.05, 4.69) is 16.0 Å². The van der Waals surface area contributed by atoms with Crippen LogP contribution in [0, 0.1) is 0 Å². The van der Waals surface area contributed by atoms with Gasteiger partial charge >= 0.3 is 0 Å². The lowest BCUT2D eigenvalue weighted by atomic mass is 9.98. The maximum absolute atomic E-state index is 9.92. The zero-order valence-electron chi connectivity index (χ0n) is 20.8. The number of aliphatic hydroxyl groups is 8. The topological polar surface area (TPSA) is 285 Å². The molecule has 16 nitrogen and oxygen atoms in total. The Bertz CT molecular complexity index is 519. The van der Waals surface area contributed by atoms with Crippen LogP contribution >= 0.6 is 0 Å². The molecular weight excluding hydrogens is 544 g/mol. The van der Waals surface area contributed by atoms with Crippen molar-refractivity contribution in [2.45, 2.75) is 76.1 Å². The van der Waals surface area contributed by atoms with Crippen LogP contribution in [0.1, 0.15) is 14.9 Å². The average Bonchev–Trinajstić information content (AvgIpc) is 2.88. The molecule has 0 spiro atoms. The molecule has 2 saturated heterocycles. The van der Waals surface area contributed by atoms with Crippen LogP contribution in [-0.4, -0.2) is 168 Å². The molecule has 0 radical (unpaired) electrons. The monoisotopic (exact) mass is 598 g/mol. The maximum atomic E-state index is 9.92. The number of quaternary nitrogens is 1. The third kappa shape index (κ3) is 14.4. The predicted molar refractivity (Wildman–Crippen MR) is 140 cm³/mol. The number of halogens is 1. The Labute approximate surface area is 237 Å². The predicted octanol–water partition coefficient (Wildman–Crippen LogP) is -10.9. The Hall–Kier alpha value is -0.350. The van der Waals surface area contributed by atoms with Gasteiger partial charge in [0.15, 0.2) is 0 Å². The van der Waals surface area contributed by atoms with E-state index in [1.807, 2.05) is 5.32 Å². The lowest BCUT2D eigenvalue weighted by molar-refractivity contribution is -0.651. The third-order valence-corrected chi connectivity index (χ3v) is 5.81. The van der Waals surface area contributed by atoms with E-state index in [-0.39, 0.29) is 27.3 Å². The fourth-order valence-corrected chi connectivity index (χ4v) is 3.67. The summed E-state index contributed by atoms with van der Waals surface area (Å²) >= 11 is 0. The molecule has 0 amide bonds. The first-order valence-corrected chi connectivity index (χ1v) is 12.2. The van der Waals surface area contributed by atoms with Gasteiger partial charge in [-0.05, 0) is 0 Å². The van der Waals surface area contributed by atoms with E-state index in [9.17, 15) is 30.6 Å². The Kier molecular flexibility index (Phi) is 26.8. The molecule has 0 aromatic carbocycles. The molecule has 2 rings (SSSR count). The highest BCUT2D eigenvalue weighted by Gasteiger charge is 2.44. The maximum Gasteiger partial charge on any atom is 0.137 e. The molecule has 0 aliphatic carbocycles. The van der Waals surface area contributed by atoms with Crippen molar-refractivity contribution < 1.29 is 68.0 Å². The van der Waals surface area contributed by atoms with Gasteiger partial charge < -0.3 is 84.8 Å². The number of nitrogens with one attached hydrogen (secondary N) is 3. The SMILES string of the molecule is C.C.NCCNCCN.OCC1OC(NCC[NH2+]CCNC2OC(CO)C(O)C(O)C2O)C(O)C(O)C1O.[Cl-]. The van der Waals surface area contributed by atoms with Gasteiger partial charge in [-0.2, -0.15) is 0 Å². The molecule has 0 aromatic rings. The van der Waals surface area contributed by atoms with Crippen LogP contribution < -0.4 is 45.1 Å². The zero-order chi connectivity index (χ0) is 27.1. The van der Waals surface area contributed by atoms with Crippen molar-refractivity contribution in [2.24, 2.45) is 11.5 Å². The molecule has 10 atom stereocenters. The number of aliphatic hydroxyl groups excluding tert-OH is 8. The first kappa shape index (κ1) is 43.1. The molecule has 10 unspecified atom stereocenters. The highest BCUT2D eigenvalue weighted by Crippen LogP contribution is 2.20. The number of hydrogen-bond donors (Lipinski definition) is 14. The molecule has 17 heteroatoms. The van der Waals surface area contributed by atoms with Crippen molar-refractivity contribution in [2.75, 3.05) is 65.6 Å². The number of nitrogens with two attached hydrogens (primary N) is 3. The van der Waals surface area contributed by atoms with Gasteiger partial charge in [-0.25, -0.2) is 0 Å². The van der Waals surface area contributed by atoms with E-state index in [4.69, 9.17) is 31.2 Å². The summed E-state index contributed by atoms with van der Waals surface area (Å²) in [6.07, 6.45) is -12.1. The van der Waals surface area contributed by atoms with Crippen LogP contribution in [0.3, 0.4) is 0 Å². The summed E-state index contributed by atoms with van der Waals surface area (Å²) in [7, 11) is 0. The summed E-state index contributed by atoms with van der Waals surface area (Å²) in [5.74, 6) is 0. The summed E-state index contributed by atoms with van der Waals surface area (Å²) in [6.45, 7) is 4.12. The van der Waals surface area contributed by atoms with Crippen molar-refractivity contribution in [3.63, 3.8) is 0 Å². The Morgan fingerprint density at radius 3 is 1.26 bits per heavy atom. The first-order chi connectivity index (χ1) is 17.2. The molecule has 0 bridgehead atoms. The summed E-state index contributed by atoms with van der Waals surface area (Å²) in [5.41, 5.74) is 10.3. The Morgan fingerprint density at radius 2 is 0.949 bits per heavy atom. The van der Waals surface area contributed by atoms with Crippen LogP contribution in [0.4, 0.5) is 0 Å². The highest BCUT2D eigenvalue weighted by atomic mass is 35.5. The zero-order valence-corrected chi connectivity index (χ0v) is 21.6. The molecule has 0 aromatic heterocycles. The Morgan fingerprint density at radius 1 is 0.590 bits per heavy atom. The Balaban J connectivity index is -0.00000115. The summed E-state index contributed by atoms with van der Waals surface area (Å²) in [6, 6.07) is 0. The van der Waals surface area contributed by atoms with Crippen molar-refractivity contribution in [1.82, 2.24) is 16.0 Å². The van der Waals surface area contributed by atoms with Crippen molar-refractivity contribution in [3.8, 4) is 0 Å². The van der Waals surface area contributed by atoms with Crippen LogP contribution in [-0.2, 0) is 9.47 Å². The lowest BCUT2D eigenvalue weighted by Crippen LogP contribution is -3.00. The average molecular weight is 599 g/mol. The molecule has 2 fully saturated rings. The molecule has 39 heavy (non-hydrogen) atoms. The number of ether oxygens (including phenoxy) is 2. The summed E-state index contributed by atoms with van der Waals surface area (Å²) < 4.78 is 10.7. The molecule has 2 aliphatic rings. The van der Waals surface area contributed by atoms with Crippen LogP contribution in [0.25, 0.3) is 0 Å². The second kappa shape index (κ2) is 24.3. The molecule has 240 valence electrons. The van der Waals surface area contributed by atoms with Crippen molar-refractivity contribution in [1.29, 1.82) is 0 Å². The fourth-order valence-electron chi connectivity index (χ4n) is 3.67. The van der Waals surface area contributed by atoms with Crippen molar-refractivity contribution >= 4 is 0 Å². The van der Waals surface area contributed by atoms with Gasteiger partial charge in [0.1, 0.15) is 61.3 Å². The van der Waals surface area contributed by atoms with Gasteiger partial charge in [-0.15, -0.1) is 0 Å². The number of hydrogen-bond acceptors (Lipinski definition) is 15. The van der Waals surface area contributed by atoms with Crippen LogP contribution in [0.15, 0.2) is 0 Å². The molecule has 2 heterocycles. The van der Waals surface area contributed by atoms with Gasteiger partial charge in [0.25, 0.3) is 0 Å². The first-order valence-electron chi connectivity index (χ1n) is 12.2. The standard InChI is InChI=1S/C16H33N3O10.C4H13N3.2CH4.ClH/c20-5-7-9(22)11(24)13(26)15(28-7)18-3-1-17-2-4-19-16-14(27)12(25)10(23)8(6-21)29-16;5-1-3-7-4-2-6;;;/h7-27H,1-6H2;7H,1-6H2;2*1H4;1H. The van der Waals surface area contributed by atoms with Gasteiger partial charge in [0.2, 0.25) is 0 Å². The van der Waals surface area contributed by atoms with Gasteiger partial charge in [0, 0.05) is 39.3 Å². The third-order valence-electron chi connectivity index (χ3n) is 5.81. The lowest BCUT2D eigenvalue weighted by Gasteiger charge is -2.40. The smallest absolute Gasteiger partial charge is 0.137 e. The van der Waals surface area contributed by atoms with Crippen LogP contribution in [0.2, 0.25) is 0 Å². The highest BCUT2D eigenvalue weighted by molar-refractivity contribution is 4.91.